The second-order valence-electron chi connectivity index (χ2n) is 14.7. The van der Waals surface area contributed by atoms with Crippen molar-refractivity contribution in [2.75, 3.05) is 0 Å². The summed E-state index contributed by atoms with van der Waals surface area (Å²) >= 11 is 0. The molecule has 0 aromatic heterocycles. The number of esters is 3. The third-order valence-electron chi connectivity index (χ3n) is 9.67. The zero-order chi connectivity index (χ0) is 40.2. The van der Waals surface area contributed by atoms with Crippen LogP contribution in [0.4, 0.5) is 0 Å². The van der Waals surface area contributed by atoms with Gasteiger partial charge in [0.2, 0.25) is 0 Å². The normalized spacial score (nSPS) is 11.7. The van der Waals surface area contributed by atoms with E-state index < -0.39 is 12.1 Å². The fraction of sp³-hybridized carbons (Fsp3) is 0.521. The predicted octanol–water partition coefficient (Wildman–Crippen LogP) is 12.6. The van der Waals surface area contributed by atoms with Crippen LogP contribution in [0.1, 0.15) is 172 Å². The molecule has 3 aromatic carbocycles. The fourth-order valence-electron chi connectivity index (χ4n) is 6.47. The van der Waals surface area contributed by atoms with Crippen LogP contribution in [0.15, 0.2) is 72.8 Å². The Morgan fingerprint density at radius 3 is 1.66 bits per heavy atom. The van der Waals surface area contributed by atoms with Crippen molar-refractivity contribution < 1.29 is 38.4 Å². The maximum absolute atomic E-state index is 12.9. The number of unbranched alkanes of at least 4 members (excludes halogenated alkanes) is 16. The molecule has 0 radical (unpaired) electrons. The Balaban J connectivity index is 1.66. The van der Waals surface area contributed by atoms with E-state index in [9.17, 15) is 19.5 Å². The summed E-state index contributed by atoms with van der Waals surface area (Å²) in [7, 11) is 0. The van der Waals surface area contributed by atoms with Crippen molar-refractivity contribution >= 4 is 24.0 Å². The lowest BCUT2D eigenvalue weighted by molar-refractivity contribution is -0.135. The Bertz CT molecular complexity index is 1600. The van der Waals surface area contributed by atoms with Crippen molar-refractivity contribution in [2.24, 2.45) is 0 Å². The highest BCUT2D eigenvalue weighted by molar-refractivity contribution is 5.76. The van der Waals surface area contributed by atoms with Crippen LogP contribution in [-0.4, -0.2) is 23.0 Å². The van der Waals surface area contributed by atoms with Crippen LogP contribution < -0.4 is 18.9 Å². The minimum Gasteiger partial charge on any atom is -0.488 e. The SMILES string of the molecule is CCCCCCCCCCCC(=O)Oc1ccc(C(O)C=Cc2ccc(OC(C)=O)cc2OC(=O)CCCCCCCCCCC)c(OCc2ccccc2)c1. The Labute approximate surface area is 336 Å². The Morgan fingerprint density at radius 1 is 0.589 bits per heavy atom. The van der Waals surface area contributed by atoms with Crippen LogP contribution in [0.3, 0.4) is 0 Å². The van der Waals surface area contributed by atoms with Crippen molar-refractivity contribution in [3.05, 3.63) is 89.5 Å². The van der Waals surface area contributed by atoms with Crippen molar-refractivity contribution in [2.45, 2.75) is 162 Å². The topological polar surface area (TPSA) is 108 Å². The highest BCUT2D eigenvalue weighted by Crippen LogP contribution is 2.33. The molecule has 0 fully saturated rings. The molecule has 0 saturated heterocycles. The van der Waals surface area contributed by atoms with Crippen LogP contribution >= 0.6 is 0 Å². The summed E-state index contributed by atoms with van der Waals surface area (Å²) in [4.78, 5) is 37.3. The van der Waals surface area contributed by atoms with Gasteiger partial charge in [0.25, 0.3) is 0 Å². The number of benzene rings is 3. The molecular formula is C48H66O8. The Hall–Kier alpha value is -4.43. The molecule has 3 rings (SSSR count). The molecule has 3 aromatic rings. The molecule has 0 aliphatic rings. The predicted molar refractivity (Wildman–Crippen MR) is 224 cm³/mol. The molecule has 1 atom stereocenters. The molecule has 0 saturated carbocycles. The maximum Gasteiger partial charge on any atom is 0.311 e. The van der Waals surface area contributed by atoms with E-state index in [0.29, 0.717) is 29.0 Å². The van der Waals surface area contributed by atoms with Crippen LogP contribution in [-0.2, 0) is 21.0 Å². The van der Waals surface area contributed by atoms with Crippen molar-refractivity contribution in [1.29, 1.82) is 0 Å². The molecule has 1 unspecified atom stereocenters. The van der Waals surface area contributed by atoms with Crippen LogP contribution in [0.5, 0.6) is 23.0 Å². The molecular weight excluding hydrogens is 705 g/mol. The molecule has 1 N–H and O–H groups in total. The molecule has 0 spiro atoms. The van der Waals surface area contributed by atoms with Crippen molar-refractivity contribution in [1.82, 2.24) is 0 Å². The lowest BCUT2D eigenvalue weighted by Crippen LogP contribution is -2.09. The summed E-state index contributed by atoms with van der Waals surface area (Å²) in [5.41, 5.74) is 1.93. The van der Waals surface area contributed by atoms with Crippen LogP contribution in [0, 0.1) is 0 Å². The minimum atomic E-state index is -1.12. The van der Waals surface area contributed by atoms with Crippen molar-refractivity contribution in [3.63, 3.8) is 0 Å². The van der Waals surface area contributed by atoms with Gasteiger partial charge < -0.3 is 24.1 Å². The molecule has 8 heteroatoms. The number of aliphatic hydroxyl groups excluding tert-OH is 1. The summed E-state index contributed by atoms with van der Waals surface area (Å²) in [6, 6.07) is 19.4. The standard InChI is InChI=1S/C48H66O8/c1-4-6-8-10-12-14-16-18-23-27-47(51)55-42-32-33-43(46(36-42)53-37-39-25-21-20-22-26-39)44(50)34-30-40-29-31-41(54-38(3)49)35-45(40)56-48(52)28-24-19-17-15-13-11-9-7-5-2/h20-22,25-26,29-36,44,50H,4-19,23-24,27-28,37H2,1-3H3. The number of hydrogen-bond donors (Lipinski definition) is 1. The van der Waals surface area contributed by atoms with E-state index in [1.165, 1.54) is 90.0 Å². The number of rotatable bonds is 29. The second kappa shape index (κ2) is 28.0. The van der Waals surface area contributed by atoms with Crippen LogP contribution in [0.2, 0.25) is 0 Å². The van der Waals surface area contributed by atoms with E-state index in [2.05, 4.69) is 13.8 Å². The van der Waals surface area contributed by atoms with Gasteiger partial charge in [0.15, 0.2) is 0 Å². The molecule has 0 bridgehead atoms. The van der Waals surface area contributed by atoms with Gasteiger partial charge in [-0.1, -0.05) is 159 Å². The van der Waals surface area contributed by atoms with Gasteiger partial charge >= 0.3 is 17.9 Å². The molecule has 0 aliphatic heterocycles. The van der Waals surface area contributed by atoms with Gasteiger partial charge in [-0.05, 0) is 42.7 Å². The Kier molecular flexibility index (Phi) is 23.0. The molecule has 306 valence electrons. The first kappa shape index (κ1) is 46.0. The fourth-order valence-corrected chi connectivity index (χ4v) is 6.47. The zero-order valence-electron chi connectivity index (χ0n) is 34.2. The number of aliphatic hydroxyl groups is 1. The third-order valence-corrected chi connectivity index (χ3v) is 9.67. The second-order valence-corrected chi connectivity index (χ2v) is 14.7. The molecule has 0 heterocycles. The summed E-state index contributed by atoms with van der Waals surface area (Å²) in [6.45, 7) is 5.99. The first-order valence-corrected chi connectivity index (χ1v) is 21.2. The van der Waals surface area contributed by atoms with Gasteiger partial charge in [0.1, 0.15) is 35.7 Å². The first-order valence-electron chi connectivity index (χ1n) is 21.2. The summed E-state index contributed by atoms with van der Waals surface area (Å²) in [5.74, 6) is 0.0306. The van der Waals surface area contributed by atoms with Crippen LogP contribution in [0.25, 0.3) is 6.08 Å². The first-order chi connectivity index (χ1) is 27.3. The van der Waals surface area contributed by atoms with E-state index >= 15 is 0 Å². The van der Waals surface area contributed by atoms with Gasteiger partial charge in [-0.25, -0.2) is 0 Å². The summed E-state index contributed by atoms with van der Waals surface area (Å²) < 4.78 is 22.9. The minimum absolute atomic E-state index is 0.225. The van der Waals surface area contributed by atoms with E-state index in [4.69, 9.17) is 18.9 Å². The quantitative estimate of drug-likeness (QED) is 0.0422. The van der Waals surface area contributed by atoms with E-state index in [1.807, 2.05) is 30.3 Å². The molecule has 0 aliphatic carbocycles. The summed E-state index contributed by atoms with van der Waals surface area (Å²) in [5, 5.41) is 11.4. The van der Waals surface area contributed by atoms with Gasteiger partial charge in [-0.3, -0.25) is 14.4 Å². The number of ether oxygens (including phenoxy) is 4. The molecule has 8 nitrogen and oxygen atoms in total. The van der Waals surface area contributed by atoms with Crippen molar-refractivity contribution in [3.8, 4) is 23.0 Å². The highest BCUT2D eigenvalue weighted by atomic mass is 16.5. The van der Waals surface area contributed by atoms with Gasteiger partial charge in [-0.2, -0.15) is 0 Å². The smallest absolute Gasteiger partial charge is 0.311 e. The monoisotopic (exact) mass is 770 g/mol. The van der Waals surface area contributed by atoms with Gasteiger partial charge in [-0.15, -0.1) is 0 Å². The number of hydrogen-bond acceptors (Lipinski definition) is 8. The van der Waals surface area contributed by atoms with Gasteiger partial charge in [0.05, 0.1) is 0 Å². The lowest BCUT2D eigenvalue weighted by atomic mass is 10.1. The average Bonchev–Trinajstić information content (AvgIpc) is 3.18. The van der Waals surface area contributed by atoms with E-state index in [0.717, 1.165) is 44.1 Å². The maximum atomic E-state index is 12.9. The van der Waals surface area contributed by atoms with Gasteiger partial charge in [0, 0.05) is 43.0 Å². The lowest BCUT2D eigenvalue weighted by Gasteiger charge is -2.16. The zero-order valence-corrected chi connectivity index (χ0v) is 34.2. The average molecular weight is 771 g/mol. The van der Waals surface area contributed by atoms with E-state index in [1.54, 1.807) is 42.5 Å². The Morgan fingerprint density at radius 2 is 1.09 bits per heavy atom. The summed E-state index contributed by atoms with van der Waals surface area (Å²) in [6.07, 6.45) is 23.5. The molecule has 0 amide bonds. The third kappa shape index (κ3) is 19.4. The largest absolute Gasteiger partial charge is 0.488 e. The number of carbonyl (C=O) groups is 3. The van der Waals surface area contributed by atoms with E-state index in [-0.39, 0.29) is 36.5 Å². The number of carbonyl (C=O) groups excluding carboxylic acids is 3. The highest BCUT2D eigenvalue weighted by Gasteiger charge is 2.16. The molecule has 56 heavy (non-hydrogen) atoms.